The van der Waals surface area contributed by atoms with E-state index in [2.05, 4.69) is 31.0 Å². The summed E-state index contributed by atoms with van der Waals surface area (Å²) in [4.78, 5) is 2.51. The molecular formula is C14H30N2O2. The van der Waals surface area contributed by atoms with Gasteiger partial charge >= 0.3 is 0 Å². The summed E-state index contributed by atoms with van der Waals surface area (Å²) in [7, 11) is 1.77. The summed E-state index contributed by atoms with van der Waals surface area (Å²) in [6.45, 7) is 13.5. The molecule has 0 aromatic rings. The lowest BCUT2D eigenvalue weighted by molar-refractivity contribution is 0.119. The highest BCUT2D eigenvalue weighted by Gasteiger charge is 2.29. The van der Waals surface area contributed by atoms with Gasteiger partial charge in [-0.15, -0.1) is 0 Å². The summed E-state index contributed by atoms with van der Waals surface area (Å²) in [6.07, 6.45) is 0. The first-order valence-corrected chi connectivity index (χ1v) is 7.19. The van der Waals surface area contributed by atoms with Crippen molar-refractivity contribution in [1.82, 2.24) is 10.2 Å². The number of nitrogens with one attached hydrogen (secondary N) is 1. The smallest absolute Gasteiger partial charge is 0.0623 e. The van der Waals surface area contributed by atoms with Crippen LogP contribution in [-0.4, -0.2) is 64.1 Å². The summed E-state index contributed by atoms with van der Waals surface area (Å²) in [5.41, 5.74) is 0. The Morgan fingerprint density at radius 3 is 2.78 bits per heavy atom. The Morgan fingerprint density at radius 2 is 2.17 bits per heavy atom. The lowest BCUT2D eigenvalue weighted by Gasteiger charge is -2.29. The summed E-state index contributed by atoms with van der Waals surface area (Å²) >= 11 is 0. The molecule has 108 valence electrons. The number of rotatable bonds is 9. The predicted octanol–water partition coefficient (Wildman–Crippen LogP) is 1.22. The Balaban J connectivity index is 2.42. The number of likely N-dealkylation sites (N-methyl/N-ethyl adjacent to an activating group) is 1. The fraction of sp³-hybridized carbons (Fsp3) is 1.00. The molecule has 0 aromatic heterocycles. The zero-order valence-corrected chi connectivity index (χ0v) is 12.4. The molecule has 0 saturated carbocycles. The number of nitrogens with zero attached hydrogens (tertiary/aromatic N) is 1. The Hall–Kier alpha value is -0.160. The molecular weight excluding hydrogens is 228 g/mol. The zero-order valence-electron chi connectivity index (χ0n) is 12.4. The van der Waals surface area contributed by atoms with Crippen molar-refractivity contribution in [2.75, 3.05) is 53.1 Å². The van der Waals surface area contributed by atoms with Crippen LogP contribution in [0.5, 0.6) is 0 Å². The van der Waals surface area contributed by atoms with Gasteiger partial charge in [0.25, 0.3) is 0 Å². The van der Waals surface area contributed by atoms with Crippen molar-refractivity contribution >= 4 is 0 Å². The fourth-order valence-electron chi connectivity index (χ4n) is 2.59. The minimum Gasteiger partial charge on any atom is -0.383 e. The van der Waals surface area contributed by atoms with Gasteiger partial charge in [-0.3, -0.25) is 0 Å². The van der Waals surface area contributed by atoms with E-state index in [0.29, 0.717) is 17.9 Å². The Bertz CT molecular complexity index is 212. The van der Waals surface area contributed by atoms with Gasteiger partial charge in [0.15, 0.2) is 0 Å². The van der Waals surface area contributed by atoms with Crippen molar-refractivity contribution in [2.45, 2.75) is 26.8 Å². The van der Waals surface area contributed by atoms with Crippen LogP contribution in [0.25, 0.3) is 0 Å². The molecule has 0 aromatic carbocycles. The van der Waals surface area contributed by atoms with E-state index >= 15 is 0 Å². The molecule has 0 aliphatic carbocycles. The third-order valence-corrected chi connectivity index (χ3v) is 3.39. The quantitative estimate of drug-likeness (QED) is 0.674. The second-order valence-corrected chi connectivity index (χ2v) is 5.61. The van der Waals surface area contributed by atoms with Gasteiger partial charge in [0.2, 0.25) is 0 Å². The maximum absolute atomic E-state index is 5.61. The topological polar surface area (TPSA) is 33.7 Å². The van der Waals surface area contributed by atoms with Crippen molar-refractivity contribution in [3.63, 3.8) is 0 Å². The summed E-state index contributed by atoms with van der Waals surface area (Å²) < 4.78 is 10.8. The minimum absolute atomic E-state index is 0.521. The standard InChI is InChI=1S/C14H30N2O2/c1-5-15-14-11-18-10-13(14)9-16(6-7-17-4)8-12(2)3/h12-15H,5-11H2,1-4H3. The molecule has 1 aliphatic rings. The van der Waals surface area contributed by atoms with E-state index in [1.54, 1.807) is 7.11 Å². The first-order chi connectivity index (χ1) is 8.67. The summed E-state index contributed by atoms with van der Waals surface area (Å²) in [5.74, 6) is 1.31. The summed E-state index contributed by atoms with van der Waals surface area (Å²) in [6, 6.07) is 0.521. The second kappa shape index (κ2) is 8.86. The molecule has 1 saturated heterocycles. The van der Waals surface area contributed by atoms with Gasteiger partial charge in [-0.25, -0.2) is 0 Å². The van der Waals surface area contributed by atoms with Gasteiger partial charge in [0, 0.05) is 38.7 Å². The maximum atomic E-state index is 5.61. The molecule has 1 heterocycles. The first kappa shape index (κ1) is 15.9. The SMILES string of the molecule is CCNC1COCC1CN(CCOC)CC(C)C. The van der Waals surface area contributed by atoms with Gasteiger partial charge < -0.3 is 19.7 Å². The van der Waals surface area contributed by atoms with Crippen LogP contribution in [0.15, 0.2) is 0 Å². The molecule has 0 bridgehead atoms. The van der Waals surface area contributed by atoms with Crippen LogP contribution in [0.3, 0.4) is 0 Å². The maximum Gasteiger partial charge on any atom is 0.0623 e. The highest BCUT2D eigenvalue weighted by molar-refractivity contribution is 4.83. The third-order valence-electron chi connectivity index (χ3n) is 3.39. The Labute approximate surface area is 112 Å². The average molecular weight is 258 g/mol. The molecule has 4 nitrogen and oxygen atoms in total. The average Bonchev–Trinajstić information content (AvgIpc) is 2.73. The molecule has 1 fully saturated rings. The number of methoxy groups -OCH3 is 1. The normalized spacial score (nSPS) is 24.3. The van der Waals surface area contributed by atoms with Crippen molar-refractivity contribution in [3.8, 4) is 0 Å². The summed E-state index contributed by atoms with van der Waals surface area (Å²) in [5, 5.41) is 3.53. The van der Waals surface area contributed by atoms with E-state index in [-0.39, 0.29) is 0 Å². The molecule has 1 N–H and O–H groups in total. The van der Waals surface area contributed by atoms with Crippen LogP contribution in [0.2, 0.25) is 0 Å². The van der Waals surface area contributed by atoms with Gasteiger partial charge in [-0.2, -0.15) is 0 Å². The second-order valence-electron chi connectivity index (χ2n) is 5.61. The number of hydrogen-bond acceptors (Lipinski definition) is 4. The van der Waals surface area contributed by atoms with Crippen molar-refractivity contribution in [3.05, 3.63) is 0 Å². The van der Waals surface area contributed by atoms with Gasteiger partial charge in [-0.1, -0.05) is 20.8 Å². The molecule has 0 amide bonds. The van der Waals surface area contributed by atoms with E-state index in [4.69, 9.17) is 9.47 Å². The van der Waals surface area contributed by atoms with E-state index < -0.39 is 0 Å². The Morgan fingerprint density at radius 1 is 1.39 bits per heavy atom. The van der Waals surface area contributed by atoms with Crippen LogP contribution >= 0.6 is 0 Å². The van der Waals surface area contributed by atoms with Gasteiger partial charge in [0.1, 0.15) is 0 Å². The van der Waals surface area contributed by atoms with Crippen molar-refractivity contribution in [2.24, 2.45) is 11.8 Å². The number of hydrogen-bond donors (Lipinski definition) is 1. The van der Waals surface area contributed by atoms with E-state index in [1.165, 1.54) is 0 Å². The molecule has 2 unspecified atom stereocenters. The molecule has 18 heavy (non-hydrogen) atoms. The Kier molecular flexibility index (Phi) is 7.82. The lowest BCUT2D eigenvalue weighted by Crippen LogP contribution is -2.43. The molecule has 0 spiro atoms. The largest absolute Gasteiger partial charge is 0.383 e. The minimum atomic E-state index is 0.521. The van der Waals surface area contributed by atoms with E-state index in [0.717, 1.165) is 46.0 Å². The van der Waals surface area contributed by atoms with Crippen LogP contribution in [0.4, 0.5) is 0 Å². The van der Waals surface area contributed by atoms with Crippen LogP contribution in [0.1, 0.15) is 20.8 Å². The zero-order chi connectivity index (χ0) is 13.4. The molecule has 0 radical (unpaired) electrons. The van der Waals surface area contributed by atoms with Gasteiger partial charge in [0.05, 0.1) is 19.8 Å². The third kappa shape index (κ3) is 5.65. The van der Waals surface area contributed by atoms with E-state index in [1.807, 2.05) is 0 Å². The van der Waals surface area contributed by atoms with Gasteiger partial charge in [-0.05, 0) is 12.5 Å². The van der Waals surface area contributed by atoms with Crippen LogP contribution in [-0.2, 0) is 9.47 Å². The fourth-order valence-corrected chi connectivity index (χ4v) is 2.59. The molecule has 1 rings (SSSR count). The monoisotopic (exact) mass is 258 g/mol. The molecule has 2 atom stereocenters. The molecule has 1 aliphatic heterocycles. The van der Waals surface area contributed by atoms with Crippen LogP contribution in [0, 0.1) is 11.8 Å². The predicted molar refractivity (Wildman–Crippen MR) is 74.9 cm³/mol. The first-order valence-electron chi connectivity index (χ1n) is 7.19. The number of ether oxygens (including phenoxy) is 2. The lowest BCUT2D eigenvalue weighted by atomic mass is 10.0. The highest BCUT2D eigenvalue weighted by atomic mass is 16.5. The van der Waals surface area contributed by atoms with Crippen LogP contribution < -0.4 is 5.32 Å². The highest BCUT2D eigenvalue weighted by Crippen LogP contribution is 2.16. The van der Waals surface area contributed by atoms with E-state index in [9.17, 15) is 0 Å². The molecule has 4 heteroatoms. The van der Waals surface area contributed by atoms with Crippen molar-refractivity contribution < 1.29 is 9.47 Å². The van der Waals surface area contributed by atoms with Crippen molar-refractivity contribution in [1.29, 1.82) is 0 Å².